The van der Waals surface area contributed by atoms with Gasteiger partial charge in [-0.15, -0.1) is 0 Å². The molecule has 0 spiro atoms. The van der Waals surface area contributed by atoms with Gasteiger partial charge < -0.3 is 4.57 Å². The van der Waals surface area contributed by atoms with Crippen LogP contribution in [0.1, 0.15) is 31.4 Å². The molecule has 0 saturated heterocycles. The summed E-state index contributed by atoms with van der Waals surface area (Å²) in [6.45, 7) is 1.64. The molecule has 16 heavy (non-hydrogen) atoms. The van der Waals surface area contributed by atoms with Crippen LogP contribution in [0.5, 0.6) is 0 Å². The molecule has 82 valence electrons. The Labute approximate surface area is 94.1 Å². The Hall–Kier alpha value is -1.64. The Morgan fingerprint density at radius 3 is 3.00 bits per heavy atom. The highest BCUT2D eigenvalue weighted by Crippen LogP contribution is 2.37. The van der Waals surface area contributed by atoms with Crippen molar-refractivity contribution in [3.8, 4) is 0 Å². The number of carbonyl (C=O) groups is 1. The fourth-order valence-electron chi connectivity index (χ4n) is 2.20. The lowest BCUT2D eigenvalue weighted by Gasteiger charge is -2.06. The number of nitrogens with zero attached hydrogens (tertiary/aromatic N) is 2. The molecular weight excluding hydrogens is 200 g/mol. The van der Waals surface area contributed by atoms with Gasteiger partial charge in [-0.1, -0.05) is 12.1 Å². The van der Waals surface area contributed by atoms with Crippen LogP contribution in [0.15, 0.2) is 24.5 Å². The fourth-order valence-corrected chi connectivity index (χ4v) is 2.20. The molecule has 1 saturated carbocycles. The van der Waals surface area contributed by atoms with Crippen molar-refractivity contribution < 1.29 is 4.79 Å². The summed E-state index contributed by atoms with van der Waals surface area (Å²) in [4.78, 5) is 15.6. The molecule has 0 unspecified atom stereocenters. The number of aromatic nitrogens is 2. The third-order valence-corrected chi connectivity index (χ3v) is 3.06. The predicted octanol–water partition coefficient (Wildman–Crippen LogP) is 2.50. The van der Waals surface area contributed by atoms with Gasteiger partial charge in [-0.25, -0.2) is 4.98 Å². The van der Waals surface area contributed by atoms with E-state index in [1.54, 1.807) is 6.92 Å². The summed E-state index contributed by atoms with van der Waals surface area (Å²) < 4.78 is 2.23. The molecule has 2 aromatic rings. The molecule has 0 atom stereocenters. The van der Waals surface area contributed by atoms with E-state index >= 15 is 0 Å². The molecule has 0 N–H and O–H groups in total. The van der Waals surface area contributed by atoms with Crippen LogP contribution in [0.25, 0.3) is 11.0 Å². The van der Waals surface area contributed by atoms with Crippen LogP contribution in [0.3, 0.4) is 0 Å². The van der Waals surface area contributed by atoms with E-state index in [2.05, 4.69) is 9.55 Å². The van der Waals surface area contributed by atoms with Gasteiger partial charge in [0.2, 0.25) is 0 Å². The minimum atomic E-state index is 0.205. The first-order valence-corrected chi connectivity index (χ1v) is 5.69. The van der Waals surface area contributed by atoms with Crippen molar-refractivity contribution in [3.63, 3.8) is 0 Å². The van der Waals surface area contributed by atoms with Crippen LogP contribution in [0.4, 0.5) is 0 Å². The molecule has 3 rings (SSSR count). The minimum absolute atomic E-state index is 0.205. The van der Waals surface area contributed by atoms with Gasteiger partial charge in [0.15, 0.2) is 0 Å². The molecule has 0 radical (unpaired) electrons. The third-order valence-electron chi connectivity index (χ3n) is 3.06. The van der Waals surface area contributed by atoms with E-state index in [-0.39, 0.29) is 5.78 Å². The van der Waals surface area contributed by atoms with Crippen LogP contribution in [0.2, 0.25) is 0 Å². The number of rotatable bonds is 3. The maximum atomic E-state index is 11.2. The number of fused-ring (bicyclic) bond motifs is 1. The summed E-state index contributed by atoms with van der Waals surface area (Å²) in [6, 6.07) is 6.63. The maximum absolute atomic E-state index is 11.2. The van der Waals surface area contributed by atoms with E-state index in [9.17, 15) is 4.79 Å². The molecular formula is C13H14N2O. The first kappa shape index (κ1) is 9.58. The molecule has 0 bridgehead atoms. The smallest absolute Gasteiger partial charge is 0.134 e. The van der Waals surface area contributed by atoms with Crippen molar-refractivity contribution in [1.82, 2.24) is 9.55 Å². The largest absolute Gasteiger partial charge is 0.327 e. The topological polar surface area (TPSA) is 34.9 Å². The minimum Gasteiger partial charge on any atom is -0.327 e. The van der Waals surface area contributed by atoms with Gasteiger partial charge in [0.05, 0.1) is 17.4 Å². The summed E-state index contributed by atoms with van der Waals surface area (Å²) >= 11 is 0. The Kier molecular flexibility index (Phi) is 2.06. The highest BCUT2D eigenvalue weighted by molar-refractivity contribution is 5.86. The standard InChI is InChI=1S/C13H14N2O/c1-9(16)7-10-3-2-4-12-13(10)15(8-14-12)11-5-6-11/h2-4,8,11H,5-7H2,1H3. The van der Waals surface area contributed by atoms with E-state index < -0.39 is 0 Å². The Bertz CT molecular complexity index is 552. The number of imidazole rings is 1. The highest BCUT2D eigenvalue weighted by atomic mass is 16.1. The number of Topliss-reactive ketones (excluding diaryl/α,β-unsaturated/α-hetero) is 1. The van der Waals surface area contributed by atoms with Crippen molar-refractivity contribution in [2.45, 2.75) is 32.2 Å². The van der Waals surface area contributed by atoms with Crippen LogP contribution in [-0.4, -0.2) is 15.3 Å². The molecule has 1 heterocycles. The lowest BCUT2D eigenvalue weighted by molar-refractivity contribution is -0.116. The second-order valence-corrected chi connectivity index (χ2v) is 4.55. The van der Waals surface area contributed by atoms with Crippen molar-refractivity contribution in [2.75, 3.05) is 0 Å². The number of para-hydroxylation sites is 1. The molecule has 1 aromatic heterocycles. The summed E-state index contributed by atoms with van der Waals surface area (Å²) in [7, 11) is 0. The number of hydrogen-bond donors (Lipinski definition) is 0. The van der Waals surface area contributed by atoms with Crippen LogP contribution < -0.4 is 0 Å². The molecule has 1 fully saturated rings. The zero-order valence-corrected chi connectivity index (χ0v) is 9.31. The predicted molar refractivity (Wildman–Crippen MR) is 62.4 cm³/mol. The van der Waals surface area contributed by atoms with Gasteiger partial charge in [-0.2, -0.15) is 0 Å². The zero-order chi connectivity index (χ0) is 11.1. The summed E-state index contributed by atoms with van der Waals surface area (Å²) in [5.41, 5.74) is 3.26. The van der Waals surface area contributed by atoms with Gasteiger partial charge in [0, 0.05) is 12.5 Å². The normalized spacial score (nSPS) is 15.6. The van der Waals surface area contributed by atoms with E-state index in [0.717, 1.165) is 16.6 Å². The first-order valence-electron chi connectivity index (χ1n) is 5.69. The van der Waals surface area contributed by atoms with Crippen molar-refractivity contribution >= 4 is 16.8 Å². The SMILES string of the molecule is CC(=O)Cc1cccc2ncn(C3CC3)c12. The highest BCUT2D eigenvalue weighted by Gasteiger charge is 2.25. The van der Waals surface area contributed by atoms with E-state index in [1.165, 1.54) is 12.8 Å². The molecule has 1 aromatic carbocycles. The average molecular weight is 214 g/mol. The van der Waals surface area contributed by atoms with Crippen molar-refractivity contribution in [2.24, 2.45) is 0 Å². The average Bonchev–Trinajstić information content (AvgIpc) is 2.98. The van der Waals surface area contributed by atoms with E-state index in [4.69, 9.17) is 0 Å². The lowest BCUT2D eigenvalue weighted by atomic mass is 10.1. The molecule has 3 heteroatoms. The second kappa shape index (κ2) is 3.44. The van der Waals surface area contributed by atoms with Crippen LogP contribution in [0, 0.1) is 0 Å². The van der Waals surface area contributed by atoms with Crippen LogP contribution in [-0.2, 0) is 11.2 Å². The monoisotopic (exact) mass is 214 g/mol. The van der Waals surface area contributed by atoms with Gasteiger partial charge >= 0.3 is 0 Å². The summed E-state index contributed by atoms with van der Waals surface area (Å²) in [5, 5.41) is 0. The van der Waals surface area contributed by atoms with Gasteiger partial charge in [0.25, 0.3) is 0 Å². The Balaban J connectivity index is 2.17. The summed E-state index contributed by atoms with van der Waals surface area (Å²) in [6.07, 6.45) is 4.89. The number of benzene rings is 1. The Morgan fingerprint density at radius 1 is 1.50 bits per heavy atom. The van der Waals surface area contributed by atoms with Gasteiger partial charge in [-0.3, -0.25) is 4.79 Å². The lowest BCUT2D eigenvalue weighted by Crippen LogP contribution is -2.00. The van der Waals surface area contributed by atoms with E-state index in [1.807, 2.05) is 24.5 Å². The second-order valence-electron chi connectivity index (χ2n) is 4.55. The van der Waals surface area contributed by atoms with E-state index in [0.29, 0.717) is 12.5 Å². The first-order chi connectivity index (χ1) is 7.75. The zero-order valence-electron chi connectivity index (χ0n) is 9.31. The molecule has 0 aliphatic heterocycles. The fraction of sp³-hybridized carbons (Fsp3) is 0.385. The van der Waals surface area contributed by atoms with Crippen molar-refractivity contribution in [3.05, 3.63) is 30.1 Å². The number of ketones is 1. The third kappa shape index (κ3) is 1.52. The van der Waals surface area contributed by atoms with Gasteiger partial charge in [0.1, 0.15) is 5.78 Å². The maximum Gasteiger partial charge on any atom is 0.134 e. The van der Waals surface area contributed by atoms with Gasteiger partial charge in [-0.05, 0) is 31.4 Å². The summed E-state index contributed by atoms with van der Waals surface area (Å²) in [5.74, 6) is 0.205. The quantitative estimate of drug-likeness (QED) is 0.786. The van der Waals surface area contributed by atoms with Crippen LogP contribution >= 0.6 is 0 Å². The Morgan fingerprint density at radius 2 is 2.31 bits per heavy atom. The molecule has 1 aliphatic carbocycles. The molecule has 3 nitrogen and oxygen atoms in total. The molecule has 1 aliphatic rings. The van der Waals surface area contributed by atoms with Crippen molar-refractivity contribution in [1.29, 1.82) is 0 Å². The molecule has 0 amide bonds. The number of carbonyl (C=O) groups excluding carboxylic acids is 1. The number of hydrogen-bond acceptors (Lipinski definition) is 2.